The Morgan fingerprint density at radius 2 is 1.17 bits per heavy atom. The Bertz CT molecular complexity index is 714. The molecule has 0 radical (unpaired) electrons. The van der Waals surface area contributed by atoms with Crippen LogP contribution in [0.1, 0.15) is 74.0 Å². The van der Waals surface area contributed by atoms with Gasteiger partial charge in [-0.3, -0.25) is 0 Å². The van der Waals surface area contributed by atoms with Gasteiger partial charge in [-0.25, -0.2) is 0 Å². The molecule has 2 aromatic rings. The van der Waals surface area contributed by atoms with Gasteiger partial charge in [0, 0.05) is 0 Å². The molecule has 0 bridgehead atoms. The summed E-state index contributed by atoms with van der Waals surface area (Å²) in [6.45, 7) is 6.05. The van der Waals surface area contributed by atoms with Crippen molar-refractivity contribution in [3.8, 4) is 0 Å². The molecule has 0 aliphatic carbocycles. The van der Waals surface area contributed by atoms with Gasteiger partial charge in [0.05, 0.1) is 13.2 Å². The van der Waals surface area contributed by atoms with Crippen molar-refractivity contribution >= 4 is 0 Å². The van der Waals surface area contributed by atoms with Crippen molar-refractivity contribution < 1.29 is 14.2 Å². The molecule has 0 aromatic heterocycles. The Morgan fingerprint density at radius 3 is 1.55 bits per heavy atom. The molecule has 4 atom stereocenters. The predicted molar refractivity (Wildman–Crippen MR) is 116 cm³/mol. The number of hydrogen-bond donors (Lipinski definition) is 0. The van der Waals surface area contributed by atoms with Gasteiger partial charge in [-0.15, -0.1) is 0 Å². The molecule has 0 spiro atoms. The quantitative estimate of drug-likeness (QED) is 0.416. The average Bonchev–Trinajstić information content (AvgIpc) is 3.66. The van der Waals surface area contributed by atoms with Gasteiger partial charge in [-0.1, -0.05) is 75.2 Å². The molecule has 3 nitrogen and oxygen atoms in total. The fraction of sp³-hybridized carbons (Fsp3) is 0.538. The normalized spacial score (nSPS) is 22.3. The first kappa shape index (κ1) is 20.6. The van der Waals surface area contributed by atoms with Crippen LogP contribution in [0.3, 0.4) is 0 Å². The lowest BCUT2D eigenvalue weighted by molar-refractivity contribution is -0.0426. The smallest absolute Gasteiger partial charge is 0.112 e. The molecule has 0 saturated carbocycles. The summed E-state index contributed by atoms with van der Waals surface area (Å²) in [5.41, 5.74) is 5.37. The van der Waals surface area contributed by atoms with Gasteiger partial charge in [0.25, 0.3) is 0 Å². The largest absolute Gasteiger partial charge is 0.370 e. The van der Waals surface area contributed by atoms with E-state index in [1.54, 1.807) is 0 Å². The molecular weight excluding hydrogens is 360 g/mol. The molecule has 2 aliphatic rings. The molecular formula is C26H34O3. The van der Waals surface area contributed by atoms with Crippen LogP contribution < -0.4 is 0 Å². The van der Waals surface area contributed by atoms with Crippen LogP contribution in [0.25, 0.3) is 0 Å². The minimum Gasteiger partial charge on any atom is -0.370 e. The highest BCUT2D eigenvalue weighted by Gasteiger charge is 2.43. The molecule has 2 aliphatic heterocycles. The fourth-order valence-electron chi connectivity index (χ4n) is 4.15. The van der Waals surface area contributed by atoms with Crippen molar-refractivity contribution in [3.05, 3.63) is 70.8 Å². The number of rotatable bonds is 12. The third kappa shape index (κ3) is 5.28. The number of ether oxygens (including phenoxy) is 3. The van der Waals surface area contributed by atoms with E-state index >= 15 is 0 Å². The first-order valence-electron chi connectivity index (χ1n) is 11.4. The lowest BCUT2D eigenvalue weighted by Crippen LogP contribution is -2.21. The van der Waals surface area contributed by atoms with Crippen LogP contribution in [0.5, 0.6) is 0 Å². The topological polar surface area (TPSA) is 34.3 Å². The Hall–Kier alpha value is -1.68. The maximum atomic E-state index is 6.86. The minimum absolute atomic E-state index is 0.0310. The summed E-state index contributed by atoms with van der Waals surface area (Å²) >= 11 is 0. The molecule has 3 heteroatoms. The summed E-state index contributed by atoms with van der Waals surface area (Å²) in [6.07, 6.45) is 7.23. The van der Waals surface area contributed by atoms with Gasteiger partial charge in [0.2, 0.25) is 0 Å². The van der Waals surface area contributed by atoms with Crippen molar-refractivity contribution in [2.75, 3.05) is 13.2 Å². The number of benzene rings is 2. The third-order valence-corrected chi connectivity index (χ3v) is 6.01. The number of aryl methyl sites for hydroxylation is 2. The van der Waals surface area contributed by atoms with Crippen molar-refractivity contribution in [3.63, 3.8) is 0 Å². The standard InChI is InChI=1S/C26H34O3/c1-3-5-11-19-13-7-9-15-21(19)25(23-17-27-23)29-26(24-18-28-24)22-16-10-8-14-20(22)12-6-4-2/h7-10,13-16,23-26H,3-6,11-12,17-18H2,1-2H3. The van der Waals surface area contributed by atoms with Gasteiger partial charge >= 0.3 is 0 Å². The summed E-state index contributed by atoms with van der Waals surface area (Å²) in [5, 5.41) is 0. The molecule has 0 amide bonds. The van der Waals surface area contributed by atoms with Gasteiger partial charge < -0.3 is 14.2 Å². The first-order valence-corrected chi connectivity index (χ1v) is 11.4. The van der Waals surface area contributed by atoms with Gasteiger partial charge in [-0.2, -0.15) is 0 Å². The highest BCUT2D eigenvalue weighted by atomic mass is 16.6. The fourth-order valence-corrected chi connectivity index (χ4v) is 4.15. The summed E-state index contributed by atoms with van der Waals surface area (Å²) in [4.78, 5) is 0. The zero-order chi connectivity index (χ0) is 20.1. The van der Waals surface area contributed by atoms with Crippen LogP contribution in [0.2, 0.25) is 0 Å². The van der Waals surface area contributed by atoms with Crippen LogP contribution in [-0.2, 0) is 27.1 Å². The van der Waals surface area contributed by atoms with Crippen molar-refractivity contribution in [2.45, 2.75) is 76.8 Å². The van der Waals surface area contributed by atoms with E-state index in [1.165, 1.54) is 47.9 Å². The second-order valence-electron chi connectivity index (χ2n) is 8.33. The van der Waals surface area contributed by atoms with E-state index in [0.717, 1.165) is 26.1 Å². The summed E-state index contributed by atoms with van der Waals surface area (Å²) in [7, 11) is 0. The zero-order valence-electron chi connectivity index (χ0n) is 17.8. The average molecular weight is 395 g/mol. The van der Waals surface area contributed by atoms with E-state index in [9.17, 15) is 0 Å². The third-order valence-electron chi connectivity index (χ3n) is 6.01. The highest BCUT2D eigenvalue weighted by Crippen LogP contribution is 2.42. The predicted octanol–water partition coefficient (Wildman–Crippen LogP) is 5.97. The van der Waals surface area contributed by atoms with Crippen LogP contribution in [0.15, 0.2) is 48.5 Å². The number of hydrogen-bond acceptors (Lipinski definition) is 3. The maximum absolute atomic E-state index is 6.86. The molecule has 2 heterocycles. The van der Waals surface area contributed by atoms with Crippen LogP contribution in [0.4, 0.5) is 0 Å². The van der Waals surface area contributed by atoms with Crippen LogP contribution in [0, 0.1) is 0 Å². The van der Waals surface area contributed by atoms with Gasteiger partial charge in [-0.05, 0) is 47.9 Å². The number of unbranched alkanes of at least 4 members (excludes halogenated alkanes) is 2. The second-order valence-corrected chi connectivity index (χ2v) is 8.33. The Labute approximate surface area is 175 Å². The molecule has 4 unspecified atom stereocenters. The maximum Gasteiger partial charge on any atom is 0.112 e. The van der Waals surface area contributed by atoms with Crippen molar-refractivity contribution in [2.24, 2.45) is 0 Å². The Kier molecular flexibility index (Phi) is 7.02. The Morgan fingerprint density at radius 1 is 0.759 bits per heavy atom. The van der Waals surface area contributed by atoms with Crippen molar-refractivity contribution in [1.82, 2.24) is 0 Å². The van der Waals surface area contributed by atoms with E-state index < -0.39 is 0 Å². The zero-order valence-corrected chi connectivity index (χ0v) is 17.8. The SMILES string of the molecule is CCCCc1ccccc1C(OC(c1ccccc1CCCC)C1CO1)C1CO1. The molecule has 156 valence electrons. The first-order chi connectivity index (χ1) is 14.3. The second kappa shape index (κ2) is 9.88. The van der Waals surface area contributed by atoms with E-state index in [1.807, 2.05) is 0 Å². The van der Waals surface area contributed by atoms with Crippen molar-refractivity contribution in [1.29, 1.82) is 0 Å². The Balaban J connectivity index is 1.61. The van der Waals surface area contributed by atoms with E-state index in [0.29, 0.717) is 0 Å². The molecule has 29 heavy (non-hydrogen) atoms. The monoisotopic (exact) mass is 394 g/mol. The van der Waals surface area contributed by atoms with Crippen LogP contribution in [-0.4, -0.2) is 25.4 Å². The van der Waals surface area contributed by atoms with E-state index in [-0.39, 0.29) is 24.4 Å². The van der Waals surface area contributed by atoms with E-state index in [4.69, 9.17) is 14.2 Å². The minimum atomic E-state index is -0.0310. The van der Waals surface area contributed by atoms with Gasteiger partial charge in [0.15, 0.2) is 0 Å². The lowest BCUT2D eigenvalue weighted by atomic mass is 9.94. The van der Waals surface area contributed by atoms with E-state index in [2.05, 4.69) is 62.4 Å². The lowest BCUT2D eigenvalue weighted by Gasteiger charge is -2.27. The molecule has 0 N–H and O–H groups in total. The summed E-state index contributed by atoms with van der Waals surface area (Å²) < 4.78 is 18.4. The molecule has 2 saturated heterocycles. The molecule has 2 aromatic carbocycles. The molecule has 4 rings (SSSR count). The summed E-state index contributed by atoms with van der Waals surface area (Å²) in [6, 6.07) is 17.5. The molecule has 2 fully saturated rings. The number of epoxide rings is 2. The highest BCUT2D eigenvalue weighted by molar-refractivity contribution is 5.33. The van der Waals surface area contributed by atoms with Crippen LogP contribution >= 0.6 is 0 Å². The van der Waals surface area contributed by atoms with Gasteiger partial charge in [0.1, 0.15) is 24.4 Å². The summed E-state index contributed by atoms with van der Waals surface area (Å²) in [5.74, 6) is 0.